The summed E-state index contributed by atoms with van der Waals surface area (Å²) in [7, 11) is 1.61. The van der Waals surface area contributed by atoms with Gasteiger partial charge in [-0.05, 0) is 42.3 Å². The van der Waals surface area contributed by atoms with E-state index in [1.165, 1.54) is 0 Å². The van der Waals surface area contributed by atoms with Crippen LogP contribution in [0.5, 0.6) is 5.75 Å². The Kier molecular flexibility index (Phi) is 4.62. The standard InChI is InChI=1S/C15H13Cl3O/c1-9-3-4-10(7-13(9)17)15(18)12-8-11(16)5-6-14(12)19-2/h3-8,15H,1-2H3. The van der Waals surface area contributed by atoms with Crippen molar-refractivity contribution < 1.29 is 4.74 Å². The molecule has 0 radical (unpaired) electrons. The zero-order chi connectivity index (χ0) is 14.0. The second-order valence-corrected chi connectivity index (χ2v) is 5.54. The molecule has 2 aromatic carbocycles. The molecule has 0 saturated heterocycles. The fraction of sp³-hybridized carbons (Fsp3) is 0.200. The molecular weight excluding hydrogens is 303 g/mol. The van der Waals surface area contributed by atoms with E-state index in [1.54, 1.807) is 13.2 Å². The molecule has 0 fully saturated rings. The lowest BCUT2D eigenvalue weighted by molar-refractivity contribution is 0.410. The lowest BCUT2D eigenvalue weighted by Gasteiger charge is -2.15. The highest BCUT2D eigenvalue weighted by molar-refractivity contribution is 6.32. The second kappa shape index (κ2) is 6.04. The highest BCUT2D eigenvalue weighted by Crippen LogP contribution is 2.37. The summed E-state index contributed by atoms with van der Waals surface area (Å²) >= 11 is 18.7. The Morgan fingerprint density at radius 1 is 1.05 bits per heavy atom. The third-order valence-electron chi connectivity index (χ3n) is 2.95. The van der Waals surface area contributed by atoms with Gasteiger partial charge in [0.15, 0.2) is 0 Å². The monoisotopic (exact) mass is 314 g/mol. The number of hydrogen-bond acceptors (Lipinski definition) is 1. The van der Waals surface area contributed by atoms with Gasteiger partial charge in [0.1, 0.15) is 5.75 Å². The van der Waals surface area contributed by atoms with E-state index >= 15 is 0 Å². The van der Waals surface area contributed by atoms with Crippen molar-refractivity contribution >= 4 is 34.8 Å². The van der Waals surface area contributed by atoms with Crippen molar-refractivity contribution in [1.29, 1.82) is 0 Å². The molecule has 1 unspecified atom stereocenters. The van der Waals surface area contributed by atoms with Crippen molar-refractivity contribution in [3.8, 4) is 5.75 Å². The maximum absolute atomic E-state index is 6.51. The van der Waals surface area contributed by atoms with E-state index < -0.39 is 0 Å². The van der Waals surface area contributed by atoms with E-state index in [2.05, 4.69) is 0 Å². The Morgan fingerprint density at radius 3 is 2.42 bits per heavy atom. The predicted octanol–water partition coefficient (Wildman–Crippen LogP) is 5.64. The molecule has 0 aliphatic carbocycles. The van der Waals surface area contributed by atoms with Gasteiger partial charge in [-0.2, -0.15) is 0 Å². The van der Waals surface area contributed by atoms with Gasteiger partial charge in [-0.25, -0.2) is 0 Å². The van der Waals surface area contributed by atoms with Crippen LogP contribution in [0.25, 0.3) is 0 Å². The van der Waals surface area contributed by atoms with Gasteiger partial charge in [0.2, 0.25) is 0 Å². The van der Waals surface area contributed by atoms with Gasteiger partial charge >= 0.3 is 0 Å². The molecule has 2 rings (SSSR count). The topological polar surface area (TPSA) is 9.23 Å². The van der Waals surface area contributed by atoms with E-state index in [1.807, 2.05) is 37.3 Å². The first-order chi connectivity index (χ1) is 9.02. The van der Waals surface area contributed by atoms with Crippen LogP contribution in [0, 0.1) is 6.92 Å². The molecule has 0 aliphatic heterocycles. The van der Waals surface area contributed by atoms with E-state index in [0.29, 0.717) is 15.8 Å². The molecular formula is C15H13Cl3O. The molecule has 100 valence electrons. The molecule has 19 heavy (non-hydrogen) atoms. The Morgan fingerprint density at radius 2 is 1.79 bits per heavy atom. The number of hydrogen-bond donors (Lipinski definition) is 0. The highest BCUT2D eigenvalue weighted by Gasteiger charge is 2.17. The average molecular weight is 316 g/mol. The molecule has 4 heteroatoms. The van der Waals surface area contributed by atoms with Crippen LogP contribution in [0.3, 0.4) is 0 Å². The van der Waals surface area contributed by atoms with Crippen molar-refractivity contribution in [2.45, 2.75) is 12.3 Å². The predicted molar refractivity (Wildman–Crippen MR) is 81.9 cm³/mol. The third-order valence-corrected chi connectivity index (χ3v) is 4.08. The quantitative estimate of drug-likeness (QED) is 0.666. The van der Waals surface area contributed by atoms with Crippen LogP contribution >= 0.6 is 34.8 Å². The lowest BCUT2D eigenvalue weighted by Crippen LogP contribution is -1.98. The van der Waals surface area contributed by atoms with Crippen molar-refractivity contribution in [2.24, 2.45) is 0 Å². The van der Waals surface area contributed by atoms with Crippen LogP contribution in [0.15, 0.2) is 36.4 Å². The lowest BCUT2D eigenvalue weighted by atomic mass is 10.0. The number of alkyl halides is 1. The maximum atomic E-state index is 6.51. The first kappa shape index (κ1) is 14.5. The number of ether oxygens (including phenoxy) is 1. The first-order valence-electron chi connectivity index (χ1n) is 5.76. The third kappa shape index (κ3) is 3.17. The first-order valence-corrected chi connectivity index (χ1v) is 6.95. The summed E-state index contributed by atoms with van der Waals surface area (Å²) in [5.74, 6) is 0.709. The molecule has 1 atom stereocenters. The number of rotatable bonds is 3. The minimum absolute atomic E-state index is 0.355. The van der Waals surface area contributed by atoms with Gasteiger partial charge in [-0.3, -0.25) is 0 Å². The Labute approximate surface area is 128 Å². The van der Waals surface area contributed by atoms with Crippen LogP contribution in [0.2, 0.25) is 10.0 Å². The highest BCUT2D eigenvalue weighted by atomic mass is 35.5. The van der Waals surface area contributed by atoms with Crippen molar-refractivity contribution in [2.75, 3.05) is 7.11 Å². The molecule has 0 heterocycles. The van der Waals surface area contributed by atoms with E-state index in [9.17, 15) is 0 Å². The van der Waals surface area contributed by atoms with Gasteiger partial charge in [0.25, 0.3) is 0 Å². The number of halogens is 3. The average Bonchev–Trinajstić information content (AvgIpc) is 2.41. The molecule has 0 bridgehead atoms. The smallest absolute Gasteiger partial charge is 0.123 e. The number of aryl methyl sites for hydroxylation is 1. The number of methoxy groups -OCH3 is 1. The fourth-order valence-electron chi connectivity index (χ4n) is 1.85. The van der Waals surface area contributed by atoms with Crippen LogP contribution < -0.4 is 4.74 Å². The largest absolute Gasteiger partial charge is 0.496 e. The zero-order valence-electron chi connectivity index (χ0n) is 10.6. The molecule has 0 aliphatic rings. The van der Waals surface area contributed by atoms with Gasteiger partial charge in [-0.15, -0.1) is 11.6 Å². The van der Waals surface area contributed by atoms with Crippen molar-refractivity contribution in [3.63, 3.8) is 0 Å². The van der Waals surface area contributed by atoms with Gasteiger partial charge in [-0.1, -0.05) is 35.3 Å². The molecule has 0 aromatic heterocycles. The Hall–Kier alpha value is -0.890. The van der Waals surface area contributed by atoms with Crippen LogP contribution in [0.1, 0.15) is 22.1 Å². The fourth-order valence-corrected chi connectivity index (χ4v) is 2.53. The van der Waals surface area contributed by atoms with Crippen molar-refractivity contribution in [3.05, 3.63) is 63.1 Å². The molecule has 0 saturated carbocycles. The van der Waals surface area contributed by atoms with Gasteiger partial charge < -0.3 is 4.74 Å². The SMILES string of the molecule is COc1ccc(Cl)cc1C(Cl)c1ccc(C)c(Cl)c1. The summed E-state index contributed by atoms with van der Waals surface area (Å²) in [6.45, 7) is 1.95. The summed E-state index contributed by atoms with van der Waals surface area (Å²) in [6.07, 6.45) is 0. The van der Waals surface area contributed by atoms with Crippen LogP contribution in [-0.4, -0.2) is 7.11 Å². The van der Waals surface area contributed by atoms with E-state index in [4.69, 9.17) is 39.5 Å². The molecule has 1 nitrogen and oxygen atoms in total. The summed E-state index contributed by atoms with van der Waals surface area (Å²) in [4.78, 5) is 0. The van der Waals surface area contributed by atoms with E-state index in [0.717, 1.165) is 16.7 Å². The summed E-state index contributed by atoms with van der Waals surface area (Å²) < 4.78 is 5.32. The minimum atomic E-state index is -0.355. The Balaban J connectivity index is 2.45. The second-order valence-electron chi connectivity index (χ2n) is 4.26. The molecule has 2 aromatic rings. The van der Waals surface area contributed by atoms with Crippen LogP contribution in [-0.2, 0) is 0 Å². The summed E-state index contributed by atoms with van der Waals surface area (Å²) in [5.41, 5.74) is 2.77. The van der Waals surface area contributed by atoms with Gasteiger partial charge in [0, 0.05) is 15.6 Å². The summed E-state index contributed by atoms with van der Waals surface area (Å²) in [5, 5.41) is 0.968. The molecule has 0 spiro atoms. The van der Waals surface area contributed by atoms with Crippen molar-refractivity contribution in [1.82, 2.24) is 0 Å². The molecule has 0 amide bonds. The minimum Gasteiger partial charge on any atom is -0.496 e. The zero-order valence-corrected chi connectivity index (χ0v) is 12.9. The normalized spacial score (nSPS) is 12.3. The van der Waals surface area contributed by atoms with Crippen LogP contribution in [0.4, 0.5) is 0 Å². The summed E-state index contributed by atoms with van der Waals surface area (Å²) in [6, 6.07) is 11.2. The molecule has 0 N–H and O–H groups in total. The van der Waals surface area contributed by atoms with Gasteiger partial charge in [0.05, 0.1) is 12.5 Å². The van der Waals surface area contributed by atoms with E-state index in [-0.39, 0.29) is 5.38 Å². The maximum Gasteiger partial charge on any atom is 0.123 e. The number of benzene rings is 2. The Bertz CT molecular complexity index is 596.